The summed E-state index contributed by atoms with van der Waals surface area (Å²) in [6.45, 7) is 10.3. The van der Waals surface area contributed by atoms with Gasteiger partial charge >= 0.3 is 0 Å². The van der Waals surface area contributed by atoms with Crippen LogP contribution in [0, 0.1) is 0 Å². The molecule has 1 atom stereocenters. The van der Waals surface area contributed by atoms with Gasteiger partial charge in [-0.25, -0.2) is 0 Å². The third kappa shape index (κ3) is 1.96. The van der Waals surface area contributed by atoms with Crippen molar-refractivity contribution in [3.63, 3.8) is 0 Å². The first-order chi connectivity index (χ1) is 4.70. The van der Waals surface area contributed by atoms with Crippen molar-refractivity contribution >= 4 is 0 Å². The van der Waals surface area contributed by atoms with Crippen LogP contribution in [0.4, 0.5) is 0 Å². The summed E-state index contributed by atoms with van der Waals surface area (Å²) in [5.74, 6) is 0. The molecule has 1 heterocycles. The van der Waals surface area contributed by atoms with Crippen molar-refractivity contribution < 1.29 is 0 Å². The zero-order valence-corrected chi connectivity index (χ0v) is 7.22. The van der Waals surface area contributed by atoms with Gasteiger partial charge in [-0.2, -0.15) is 0 Å². The van der Waals surface area contributed by atoms with E-state index in [9.17, 15) is 0 Å². The predicted molar refractivity (Wildman–Crippen MR) is 44.2 cm³/mol. The maximum absolute atomic E-state index is 3.43. The van der Waals surface area contributed by atoms with E-state index in [1.54, 1.807) is 0 Å². The molecule has 1 rings (SSSR count). The van der Waals surface area contributed by atoms with Crippen molar-refractivity contribution in [2.24, 2.45) is 0 Å². The lowest BCUT2D eigenvalue weighted by molar-refractivity contribution is 0.168. The summed E-state index contributed by atoms with van der Waals surface area (Å²) >= 11 is 0. The molecular formula is C8H18N2. The molecule has 0 aromatic rings. The molecule has 0 amide bonds. The van der Waals surface area contributed by atoms with Crippen molar-refractivity contribution in [2.75, 3.05) is 19.6 Å². The Kier molecular flexibility index (Phi) is 2.69. The Bertz CT molecular complexity index is 101. The summed E-state index contributed by atoms with van der Waals surface area (Å²) < 4.78 is 0. The predicted octanol–water partition coefficient (Wildman–Crippen LogP) is 0.688. The Morgan fingerprint density at radius 2 is 2.20 bits per heavy atom. The van der Waals surface area contributed by atoms with Crippen molar-refractivity contribution in [3.8, 4) is 0 Å². The van der Waals surface area contributed by atoms with Gasteiger partial charge in [0.25, 0.3) is 0 Å². The maximum Gasteiger partial charge on any atom is 0.0167 e. The lowest BCUT2D eigenvalue weighted by atomic mass is 10.2. The van der Waals surface area contributed by atoms with Crippen molar-refractivity contribution in [1.82, 2.24) is 10.2 Å². The van der Waals surface area contributed by atoms with Crippen LogP contribution in [0.15, 0.2) is 0 Å². The minimum absolute atomic E-state index is 0.677. The minimum Gasteiger partial charge on any atom is -0.312 e. The largest absolute Gasteiger partial charge is 0.312 e. The molecule has 1 aliphatic rings. The van der Waals surface area contributed by atoms with Crippen LogP contribution >= 0.6 is 0 Å². The standard InChI is InChI=1S/C8H18N2/c1-7(2)10-5-4-9-8(3)6-10/h7-9H,4-6H2,1-3H3. The molecule has 0 saturated carbocycles. The molecule has 0 radical (unpaired) electrons. The molecule has 0 bridgehead atoms. The van der Waals surface area contributed by atoms with Crippen LogP contribution in [0.2, 0.25) is 0 Å². The first-order valence-corrected chi connectivity index (χ1v) is 4.17. The van der Waals surface area contributed by atoms with Crippen LogP contribution in [0.5, 0.6) is 0 Å². The monoisotopic (exact) mass is 142 g/mol. The fourth-order valence-electron chi connectivity index (χ4n) is 1.43. The molecule has 1 saturated heterocycles. The van der Waals surface area contributed by atoms with Gasteiger partial charge in [0.2, 0.25) is 0 Å². The third-order valence-electron chi connectivity index (χ3n) is 2.13. The Labute approximate surface area is 63.6 Å². The Morgan fingerprint density at radius 1 is 1.50 bits per heavy atom. The zero-order chi connectivity index (χ0) is 7.56. The Morgan fingerprint density at radius 3 is 2.60 bits per heavy atom. The molecule has 2 nitrogen and oxygen atoms in total. The van der Waals surface area contributed by atoms with Gasteiger partial charge < -0.3 is 5.32 Å². The van der Waals surface area contributed by atoms with Gasteiger partial charge in [0.1, 0.15) is 0 Å². The molecule has 1 N–H and O–H groups in total. The molecule has 0 aromatic carbocycles. The fourth-order valence-corrected chi connectivity index (χ4v) is 1.43. The molecule has 1 fully saturated rings. The van der Waals surface area contributed by atoms with Gasteiger partial charge in [-0.3, -0.25) is 4.90 Å². The second kappa shape index (κ2) is 3.35. The first kappa shape index (κ1) is 8.02. The normalized spacial score (nSPS) is 29.4. The van der Waals surface area contributed by atoms with E-state index in [4.69, 9.17) is 0 Å². The van der Waals surface area contributed by atoms with E-state index < -0.39 is 0 Å². The fraction of sp³-hybridized carbons (Fsp3) is 1.00. The number of nitrogens with zero attached hydrogens (tertiary/aromatic N) is 1. The molecule has 60 valence electrons. The lowest BCUT2D eigenvalue weighted by Crippen LogP contribution is -2.51. The number of nitrogens with one attached hydrogen (secondary N) is 1. The summed E-state index contributed by atoms with van der Waals surface area (Å²) in [5.41, 5.74) is 0. The van der Waals surface area contributed by atoms with Gasteiger partial charge in [0, 0.05) is 31.7 Å². The smallest absolute Gasteiger partial charge is 0.0167 e. The highest BCUT2D eigenvalue weighted by Gasteiger charge is 2.16. The molecule has 10 heavy (non-hydrogen) atoms. The van der Waals surface area contributed by atoms with E-state index in [0.717, 1.165) is 6.54 Å². The summed E-state index contributed by atoms with van der Waals surface area (Å²) in [6, 6.07) is 1.39. The first-order valence-electron chi connectivity index (χ1n) is 4.17. The van der Waals surface area contributed by atoms with Gasteiger partial charge in [-0.1, -0.05) is 0 Å². The Balaban J connectivity index is 2.32. The van der Waals surface area contributed by atoms with E-state index in [-0.39, 0.29) is 0 Å². The number of piperazine rings is 1. The van der Waals surface area contributed by atoms with Crippen molar-refractivity contribution in [2.45, 2.75) is 32.9 Å². The van der Waals surface area contributed by atoms with Crippen molar-refractivity contribution in [1.29, 1.82) is 0 Å². The van der Waals surface area contributed by atoms with Gasteiger partial charge in [0.05, 0.1) is 0 Å². The molecule has 0 spiro atoms. The molecule has 2 heteroatoms. The minimum atomic E-state index is 0.677. The van der Waals surface area contributed by atoms with Crippen molar-refractivity contribution in [3.05, 3.63) is 0 Å². The average Bonchev–Trinajstić information content (AvgIpc) is 1.88. The van der Waals surface area contributed by atoms with Crippen LogP contribution < -0.4 is 5.32 Å². The van der Waals surface area contributed by atoms with E-state index in [0.29, 0.717) is 12.1 Å². The summed E-state index contributed by atoms with van der Waals surface area (Å²) in [7, 11) is 0. The zero-order valence-electron chi connectivity index (χ0n) is 7.22. The van der Waals surface area contributed by atoms with E-state index in [1.807, 2.05) is 0 Å². The van der Waals surface area contributed by atoms with E-state index in [2.05, 4.69) is 31.0 Å². The maximum atomic E-state index is 3.43. The second-order valence-electron chi connectivity index (χ2n) is 3.44. The van der Waals surface area contributed by atoms with Crippen LogP contribution in [-0.4, -0.2) is 36.6 Å². The highest BCUT2D eigenvalue weighted by molar-refractivity contribution is 4.76. The van der Waals surface area contributed by atoms with Crippen LogP contribution in [0.25, 0.3) is 0 Å². The molecule has 0 aliphatic carbocycles. The average molecular weight is 142 g/mol. The topological polar surface area (TPSA) is 15.3 Å². The quantitative estimate of drug-likeness (QED) is 0.579. The summed E-state index contributed by atoms with van der Waals surface area (Å²) in [5, 5.41) is 3.43. The molecule has 0 aromatic heterocycles. The summed E-state index contributed by atoms with van der Waals surface area (Å²) in [4.78, 5) is 2.52. The Hall–Kier alpha value is -0.0800. The van der Waals surface area contributed by atoms with Gasteiger partial charge in [0.15, 0.2) is 0 Å². The molecule has 1 aliphatic heterocycles. The number of hydrogen-bond acceptors (Lipinski definition) is 2. The second-order valence-corrected chi connectivity index (χ2v) is 3.44. The number of hydrogen-bond donors (Lipinski definition) is 1. The number of rotatable bonds is 1. The van der Waals surface area contributed by atoms with E-state index >= 15 is 0 Å². The van der Waals surface area contributed by atoms with Gasteiger partial charge in [-0.05, 0) is 20.8 Å². The summed E-state index contributed by atoms with van der Waals surface area (Å²) in [6.07, 6.45) is 0. The highest BCUT2D eigenvalue weighted by Crippen LogP contribution is 2.02. The third-order valence-corrected chi connectivity index (χ3v) is 2.13. The van der Waals surface area contributed by atoms with Gasteiger partial charge in [-0.15, -0.1) is 0 Å². The molecule has 1 unspecified atom stereocenters. The van der Waals surface area contributed by atoms with Crippen LogP contribution in [-0.2, 0) is 0 Å². The molecular weight excluding hydrogens is 124 g/mol. The van der Waals surface area contributed by atoms with Crippen LogP contribution in [0.3, 0.4) is 0 Å². The van der Waals surface area contributed by atoms with E-state index in [1.165, 1.54) is 13.1 Å². The lowest BCUT2D eigenvalue weighted by Gasteiger charge is -2.34. The van der Waals surface area contributed by atoms with Crippen LogP contribution in [0.1, 0.15) is 20.8 Å². The highest BCUT2D eigenvalue weighted by atomic mass is 15.2. The SMILES string of the molecule is CC1CN(C(C)C)CCN1.